The number of methoxy groups -OCH3 is 2. The number of benzene rings is 2. The van der Waals surface area contributed by atoms with Crippen LogP contribution < -0.4 is 19.6 Å². The van der Waals surface area contributed by atoms with Gasteiger partial charge in [-0.2, -0.15) is 0 Å². The Bertz CT molecular complexity index is 1460. The highest BCUT2D eigenvalue weighted by Gasteiger charge is 2.46. The fourth-order valence-electron chi connectivity index (χ4n) is 4.78. The van der Waals surface area contributed by atoms with Gasteiger partial charge in [-0.3, -0.25) is 4.79 Å². The predicted molar refractivity (Wildman–Crippen MR) is 136 cm³/mol. The number of fused-ring (bicyclic) bond motifs is 2. The zero-order valence-corrected chi connectivity index (χ0v) is 21.8. The Morgan fingerprint density at radius 3 is 2.29 bits per heavy atom. The number of ether oxygens (including phenoxy) is 6. The third-order valence-electron chi connectivity index (χ3n) is 7.04. The van der Waals surface area contributed by atoms with Gasteiger partial charge in [0, 0.05) is 12.1 Å². The Hall–Kier alpha value is -3.25. The molecule has 0 radical (unpaired) electrons. The van der Waals surface area contributed by atoms with Crippen molar-refractivity contribution in [2.75, 3.05) is 27.4 Å². The van der Waals surface area contributed by atoms with Crippen LogP contribution in [0.3, 0.4) is 0 Å². The normalized spacial score (nSPS) is 32.2. The van der Waals surface area contributed by atoms with E-state index >= 15 is 0 Å². The van der Waals surface area contributed by atoms with Gasteiger partial charge in [0.2, 0.25) is 11.7 Å². The van der Waals surface area contributed by atoms with Crippen LogP contribution in [0.1, 0.15) is 0 Å². The van der Waals surface area contributed by atoms with Crippen LogP contribution in [0.25, 0.3) is 21.9 Å². The fraction of sp³-hybridized carbons (Fsp3) is 0.500. The van der Waals surface area contributed by atoms with Crippen molar-refractivity contribution in [3.05, 3.63) is 34.5 Å². The lowest BCUT2D eigenvalue weighted by atomic mass is 9.99. The molecule has 0 unspecified atom stereocenters. The molecule has 0 spiro atoms. The van der Waals surface area contributed by atoms with Crippen LogP contribution in [-0.4, -0.2) is 118 Å². The molecule has 2 aliphatic rings. The Kier molecular flexibility index (Phi) is 8.24. The molecule has 7 N–H and O–H groups in total. The molecule has 9 atom stereocenters. The third kappa shape index (κ3) is 5.27. The van der Waals surface area contributed by atoms with E-state index in [4.69, 9.17) is 32.8 Å². The van der Waals surface area contributed by atoms with Crippen molar-refractivity contribution in [3.8, 4) is 23.0 Å². The van der Waals surface area contributed by atoms with Crippen LogP contribution in [0.5, 0.6) is 23.0 Å². The minimum absolute atomic E-state index is 0.0650. The van der Waals surface area contributed by atoms with E-state index in [0.29, 0.717) is 0 Å². The van der Waals surface area contributed by atoms with Gasteiger partial charge >= 0.3 is 0 Å². The van der Waals surface area contributed by atoms with E-state index in [1.807, 2.05) is 0 Å². The van der Waals surface area contributed by atoms with Crippen molar-refractivity contribution < 1.29 is 68.6 Å². The zero-order chi connectivity index (χ0) is 29.6. The summed E-state index contributed by atoms with van der Waals surface area (Å²) in [6, 6.07) is 5.45. The fourth-order valence-corrected chi connectivity index (χ4v) is 4.78. The van der Waals surface area contributed by atoms with Gasteiger partial charge < -0.3 is 68.6 Å². The molecule has 2 fully saturated rings. The first-order chi connectivity index (χ1) is 19.5. The summed E-state index contributed by atoms with van der Waals surface area (Å²) in [7, 11) is 2.65. The average Bonchev–Trinajstić information content (AvgIpc) is 2.96. The Labute approximate surface area is 231 Å². The van der Waals surface area contributed by atoms with Crippen molar-refractivity contribution in [1.82, 2.24) is 0 Å². The number of aliphatic hydroxyl groups excluding tert-OH is 6. The Morgan fingerprint density at radius 2 is 1.59 bits per heavy atom. The summed E-state index contributed by atoms with van der Waals surface area (Å²) in [4.78, 5) is 13.4. The highest BCUT2D eigenvalue weighted by molar-refractivity contribution is 5.97. The molecule has 0 bridgehead atoms. The molecule has 5 rings (SSSR count). The van der Waals surface area contributed by atoms with Crippen LogP contribution in [0.2, 0.25) is 0 Å². The monoisotopic (exact) mass is 582 g/mol. The molecule has 15 nitrogen and oxygen atoms in total. The van der Waals surface area contributed by atoms with E-state index in [1.54, 1.807) is 0 Å². The smallest absolute Gasteiger partial charge is 0.229 e. The van der Waals surface area contributed by atoms with Crippen LogP contribution in [0.4, 0.5) is 0 Å². The van der Waals surface area contributed by atoms with Crippen LogP contribution in [0, 0.1) is 0 Å². The molecule has 0 amide bonds. The highest BCUT2D eigenvalue weighted by Crippen LogP contribution is 2.39. The largest absolute Gasteiger partial charge is 0.507 e. The van der Waals surface area contributed by atoms with Crippen LogP contribution >= 0.6 is 0 Å². The molecule has 0 saturated carbocycles. The van der Waals surface area contributed by atoms with Crippen molar-refractivity contribution in [1.29, 1.82) is 0 Å². The van der Waals surface area contributed by atoms with Crippen molar-refractivity contribution in [3.63, 3.8) is 0 Å². The Balaban J connectivity index is 1.42. The second-order valence-corrected chi connectivity index (χ2v) is 9.64. The maximum Gasteiger partial charge on any atom is 0.229 e. The summed E-state index contributed by atoms with van der Waals surface area (Å²) >= 11 is 0. The Morgan fingerprint density at radius 1 is 0.854 bits per heavy atom. The summed E-state index contributed by atoms with van der Waals surface area (Å²) in [6.07, 6.45) is -13.9. The molecular formula is C26H30O15. The number of rotatable bonds is 7. The molecular weight excluding hydrogens is 552 g/mol. The van der Waals surface area contributed by atoms with E-state index < -0.39 is 67.3 Å². The van der Waals surface area contributed by atoms with Crippen molar-refractivity contribution >= 4 is 21.9 Å². The number of phenols is 1. The van der Waals surface area contributed by atoms with Gasteiger partial charge in [0.15, 0.2) is 17.8 Å². The second-order valence-electron chi connectivity index (χ2n) is 9.64. The number of phenolic OH excluding ortho intramolecular Hbond substituents is 1. The molecule has 15 heteroatoms. The van der Waals surface area contributed by atoms with E-state index in [0.717, 1.165) is 0 Å². The van der Waals surface area contributed by atoms with Gasteiger partial charge in [-0.05, 0) is 12.1 Å². The third-order valence-corrected chi connectivity index (χ3v) is 7.04. The lowest BCUT2D eigenvalue weighted by Gasteiger charge is -2.41. The first kappa shape index (κ1) is 29.2. The van der Waals surface area contributed by atoms with Crippen LogP contribution in [0.15, 0.2) is 33.5 Å². The summed E-state index contributed by atoms with van der Waals surface area (Å²) in [5.41, 5.74) is -0.492. The van der Waals surface area contributed by atoms with Crippen molar-refractivity contribution in [2.45, 2.75) is 55.3 Å². The topological polar surface area (TPSA) is 227 Å². The maximum atomic E-state index is 13.4. The van der Waals surface area contributed by atoms with Gasteiger partial charge in [0.25, 0.3) is 0 Å². The minimum atomic E-state index is -1.76. The van der Waals surface area contributed by atoms with E-state index in [9.17, 15) is 40.5 Å². The first-order valence-electron chi connectivity index (χ1n) is 12.5. The molecule has 2 aliphatic heterocycles. The molecule has 41 heavy (non-hydrogen) atoms. The minimum Gasteiger partial charge on any atom is -0.507 e. The first-order valence-corrected chi connectivity index (χ1v) is 12.5. The molecule has 3 aromatic rings. The molecule has 2 aromatic carbocycles. The maximum absolute atomic E-state index is 13.4. The number of hydrogen-bond acceptors (Lipinski definition) is 15. The van der Waals surface area contributed by atoms with Gasteiger partial charge in [-0.15, -0.1) is 0 Å². The second kappa shape index (κ2) is 11.6. The van der Waals surface area contributed by atoms with Gasteiger partial charge in [0.05, 0.1) is 27.4 Å². The standard InChI is InChI=1S/C26H30O15/c1-35-9-5-10(27)16-14(6-9)39-12-3-4-13(24(36-2)17(12)20(16)31)40-26-23(34)21(32)19(30)15(41-26)8-38-25-22(33)18(29)11(28)7-37-25/h3-6,11,15,18-19,21-23,25-30,32-34H,7-8H2,1-2H3/t11-,15-,18+,19-,21+,22-,23-,25+,26-/m1/s1. The summed E-state index contributed by atoms with van der Waals surface area (Å²) in [6.45, 7) is -0.803. The molecule has 2 saturated heterocycles. The van der Waals surface area contributed by atoms with Gasteiger partial charge in [-0.1, -0.05) is 0 Å². The summed E-state index contributed by atoms with van der Waals surface area (Å²) in [5, 5.41) is 71.2. The predicted octanol–water partition coefficient (Wildman–Crippen LogP) is -1.69. The zero-order valence-electron chi connectivity index (χ0n) is 21.8. The van der Waals surface area contributed by atoms with E-state index in [1.165, 1.54) is 38.5 Å². The molecule has 0 aliphatic carbocycles. The average molecular weight is 583 g/mol. The van der Waals surface area contributed by atoms with Gasteiger partial charge in [0.1, 0.15) is 76.2 Å². The van der Waals surface area contributed by atoms with Gasteiger partial charge in [-0.25, -0.2) is 0 Å². The number of aliphatic hydroxyl groups is 6. The quantitative estimate of drug-likeness (QED) is 0.154. The number of aromatic hydroxyl groups is 1. The van der Waals surface area contributed by atoms with E-state index in [-0.39, 0.29) is 51.5 Å². The molecule has 224 valence electrons. The summed E-state index contributed by atoms with van der Waals surface area (Å²) < 4.78 is 38.3. The lowest BCUT2D eigenvalue weighted by Crippen LogP contribution is -2.61. The number of hydrogen-bond donors (Lipinski definition) is 7. The van der Waals surface area contributed by atoms with Crippen LogP contribution in [-0.2, 0) is 14.2 Å². The van der Waals surface area contributed by atoms with E-state index in [2.05, 4.69) is 0 Å². The lowest BCUT2D eigenvalue weighted by molar-refractivity contribution is -0.307. The SMILES string of the molecule is COc1cc(O)c2c(=O)c3c(OC)c(O[C@@H]4O[C@H](CO[C@@H]5OC[C@@H](O)[C@H](O)[C@H]5O)[C@@H](O)[C@H](O)[C@H]4O)ccc3oc2c1. The summed E-state index contributed by atoms with van der Waals surface area (Å²) in [5.74, 6) is -0.340. The highest BCUT2D eigenvalue weighted by atomic mass is 16.7. The van der Waals surface area contributed by atoms with Crippen molar-refractivity contribution in [2.24, 2.45) is 0 Å². The molecule has 1 aromatic heterocycles. The molecule has 3 heterocycles.